The van der Waals surface area contributed by atoms with E-state index in [1.165, 1.54) is 0 Å². The van der Waals surface area contributed by atoms with Crippen LogP contribution in [0, 0.1) is 5.92 Å². The summed E-state index contributed by atoms with van der Waals surface area (Å²) in [5.41, 5.74) is 0. The van der Waals surface area contributed by atoms with Gasteiger partial charge in [-0.2, -0.15) is 0 Å². The quantitative estimate of drug-likeness (QED) is 0.730. The van der Waals surface area contributed by atoms with E-state index < -0.39 is 0 Å². The highest BCUT2D eigenvalue weighted by Gasteiger charge is 2.21. The minimum absolute atomic E-state index is 0.0564. The lowest BCUT2D eigenvalue weighted by Gasteiger charge is -2.28. The fourth-order valence-electron chi connectivity index (χ4n) is 1.89. The Labute approximate surface area is 104 Å². The first kappa shape index (κ1) is 14.0. The summed E-state index contributed by atoms with van der Waals surface area (Å²) in [6.07, 6.45) is 3.60. The van der Waals surface area contributed by atoms with E-state index in [2.05, 4.69) is 13.8 Å². The molecule has 0 atom stereocenters. The van der Waals surface area contributed by atoms with Gasteiger partial charge in [0.05, 0.1) is 6.54 Å². The summed E-state index contributed by atoms with van der Waals surface area (Å²) in [4.78, 5) is 26.9. The molecule has 2 amide bonds. The number of carbonyl (C=O) groups is 2. The lowest BCUT2D eigenvalue weighted by Crippen LogP contribution is -2.43. The largest absolute Gasteiger partial charge is 0.344 e. The van der Waals surface area contributed by atoms with Gasteiger partial charge in [0.15, 0.2) is 0 Å². The molecule has 1 rings (SSSR count). The Balaban J connectivity index is 2.34. The molecule has 98 valence electrons. The molecule has 0 spiro atoms. The summed E-state index contributed by atoms with van der Waals surface area (Å²) in [6, 6.07) is 0. The molecule has 0 N–H and O–H groups in total. The molecule has 0 bridgehead atoms. The highest BCUT2D eigenvalue weighted by Crippen LogP contribution is 2.10. The number of rotatable bonds is 5. The average Bonchev–Trinajstić information content (AvgIpc) is 2.28. The van der Waals surface area contributed by atoms with Crippen molar-refractivity contribution in [1.82, 2.24) is 9.80 Å². The molecule has 1 saturated heterocycles. The van der Waals surface area contributed by atoms with E-state index in [1.807, 2.05) is 7.05 Å². The Morgan fingerprint density at radius 3 is 2.71 bits per heavy atom. The van der Waals surface area contributed by atoms with Gasteiger partial charge in [0.1, 0.15) is 0 Å². The average molecular weight is 240 g/mol. The number of hydrogen-bond donors (Lipinski definition) is 0. The third-order valence-electron chi connectivity index (χ3n) is 3.22. The first-order valence-electron chi connectivity index (χ1n) is 6.52. The molecule has 1 aliphatic heterocycles. The smallest absolute Gasteiger partial charge is 0.241 e. The van der Waals surface area contributed by atoms with Crippen molar-refractivity contribution in [2.45, 2.75) is 39.5 Å². The fourth-order valence-corrected chi connectivity index (χ4v) is 1.89. The Morgan fingerprint density at radius 1 is 1.41 bits per heavy atom. The van der Waals surface area contributed by atoms with Gasteiger partial charge < -0.3 is 9.80 Å². The third-order valence-corrected chi connectivity index (χ3v) is 3.22. The number of likely N-dealkylation sites (tertiary alicyclic amines) is 1. The molecule has 1 aliphatic rings. The van der Waals surface area contributed by atoms with Crippen LogP contribution in [0.15, 0.2) is 0 Å². The fraction of sp³-hybridized carbons (Fsp3) is 0.846. The van der Waals surface area contributed by atoms with Gasteiger partial charge in [-0.25, -0.2) is 0 Å². The summed E-state index contributed by atoms with van der Waals surface area (Å²) >= 11 is 0. The van der Waals surface area contributed by atoms with Gasteiger partial charge in [0, 0.05) is 26.6 Å². The van der Waals surface area contributed by atoms with Crippen LogP contribution in [0.1, 0.15) is 39.5 Å². The molecule has 0 aromatic carbocycles. The molecule has 0 radical (unpaired) electrons. The number of likely N-dealkylation sites (N-methyl/N-ethyl adjacent to an activating group) is 1. The van der Waals surface area contributed by atoms with E-state index in [9.17, 15) is 9.59 Å². The van der Waals surface area contributed by atoms with Crippen molar-refractivity contribution in [3.8, 4) is 0 Å². The van der Waals surface area contributed by atoms with Crippen LogP contribution in [-0.2, 0) is 9.59 Å². The van der Waals surface area contributed by atoms with E-state index in [-0.39, 0.29) is 18.4 Å². The second kappa shape index (κ2) is 6.62. The van der Waals surface area contributed by atoms with Gasteiger partial charge >= 0.3 is 0 Å². The number of carbonyl (C=O) groups excluding carboxylic acids is 2. The van der Waals surface area contributed by atoms with Crippen molar-refractivity contribution in [2.75, 3.05) is 26.7 Å². The molecule has 4 heteroatoms. The van der Waals surface area contributed by atoms with Crippen LogP contribution in [0.2, 0.25) is 0 Å². The van der Waals surface area contributed by atoms with Crippen molar-refractivity contribution in [3.63, 3.8) is 0 Å². The van der Waals surface area contributed by atoms with Crippen LogP contribution < -0.4 is 0 Å². The Hall–Kier alpha value is -1.06. The van der Waals surface area contributed by atoms with Crippen molar-refractivity contribution in [2.24, 2.45) is 5.92 Å². The van der Waals surface area contributed by atoms with Gasteiger partial charge in [-0.05, 0) is 25.2 Å². The zero-order valence-electron chi connectivity index (χ0n) is 11.2. The molecule has 4 nitrogen and oxygen atoms in total. The summed E-state index contributed by atoms with van der Waals surface area (Å²) in [6.45, 7) is 6.06. The Bertz CT molecular complexity index is 277. The zero-order chi connectivity index (χ0) is 12.8. The SMILES string of the molecule is CC(C)CCN(C)C(=O)CN1CCCCC1=O. The minimum atomic E-state index is 0.0564. The molecule has 17 heavy (non-hydrogen) atoms. The minimum Gasteiger partial charge on any atom is -0.344 e. The van der Waals surface area contributed by atoms with E-state index in [1.54, 1.807) is 9.80 Å². The molecular weight excluding hydrogens is 216 g/mol. The summed E-state index contributed by atoms with van der Waals surface area (Å²) in [7, 11) is 1.82. The summed E-state index contributed by atoms with van der Waals surface area (Å²) < 4.78 is 0. The first-order valence-corrected chi connectivity index (χ1v) is 6.52. The maximum atomic E-state index is 11.9. The maximum absolute atomic E-state index is 11.9. The topological polar surface area (TPSA) is 40.6 Å². The normalized spacial score (nSPS) is 16.5. The second-order valence-corrected chi connectivity index (χ2v) is 5.27. The van der Waals surface area contributed by atoms with E-state index in [0.29, 0.717) is 12.3 Å². The summed E-state index contributed by atoms with van der Waals surface area (Å²) in [5.74, 6) is 0.782. The number of nitrogens with zero attached hydrogens (tertiary/aromatic N) is 2. The molecule has 0 aliphatic carbocycles. The van der Waals surface area contributed by atoms with E-state index >= 15 is 0 Å². The van der Waals surface area contributed by atoms with E-state index in [4.69, 9.17) is 0 Å². The number of hydrogen-bond acceptors (Lipinski definition) is 2. The predicted molar refractivity (Wildman–Crippen MR) is 67.5 cm³/mol. The van der Waals surface area contributed by atoms with Gasteiger partial charge in [0.25, 0.3) is 0 Å². The molecule has 0 aromatic rings. The van der Waals surface area contributed by atoms with E-state index in [0.717, 1.165) is 32.4 Å². The second-order valence-electron chi connectivity index (χ2n) is 5.27. The van der Waals surface area contributed by atoms with Crippen molar-refractivity contribution < 1.29 is 9.59 Å². The van der Waals surface area contributed by atoms with Crippen LogP contribution in [0.3, 0.4) is 0 Å². The van der Waals surface area contributed by atoms with Crippen LogP contribution in [-0.4, -0.2) is 48.3 Å². The Morgan fingerprint density at radius 2 is 2.12 bits per heavy atom. The predicted octanol–water partition coefficient (Wildman–Crippen LogP) is 1.50. The molecule has 1 heterocycles. The van der Waals surface area contributed by atoms with Gasteiger partial charge in [-0.1, -0.05) is 13.8 Å². The van der Waals surface area contributed by atoms with Crippen molar-refractivity contribution in [1.29, 1.82) is 0 Å². The van der Waals surface area contributed by atoms with Crippen molar-refractivity contribution in [3.05, 3.63) is 0 Å². The summed E-state index contributed by atoms with van der Waals surface area (Å²) in [5, 5.41) is 0. The number of amides is 2. The molecule has 0 saturated carbocycles. The highest BCUT2D eigenvalue weighted by molar-refractivity contribution is 5.85. The van der Waals surface area contributed by atoms with Gasteiger partial charge in [-0.3, -0.25) is 9.59 Å². The first-order chi connectivity index (χ1) is 8.00. The van der Waals surface area contributed by atoms with Crippen LogP contribution in [0.25, 0.3) is 0 Å². The lowest BCUT2D eigenvalue weighted by atomic mass is 10.1. The monoisotopic (exact) mass is 240 g/mol. The van der Waals surface area contributed by atoms with Crippen molar-refractivity contribution >= 4 is 11.8 Å². The van der Waals surface area contributed by atoms with Gasteiger partial charge in [0.2, 0.25) is 11.8 Å². The zero-order valence-corrected chi connectivity index (χ0v) is 11.2. The van der Waals surface area contributed by atoms with Crippen LogP contribution in [0.5, 0.6) is 0 Å². The molecule has 0 unspecified atom stereocenters. The van der Waals surface area contributed by atoms with Gasteiger partial charge in [-0.15, -0.1) is 0 Å². The van der Waals surface area contributed by atoms with Crippen LogP contribution >= 0.6 is 0 Å². The number of piperidine rings is 1. The molecule has 0 aromatic heterocycles. The lowest BCUT2D eigenvalue weighted by molar-refractivity contribution is -0.141. The standard InChI is InChI=1S/C13H24N2O2/c1-11(2)7-9-14(3)13(17)10-15-8-5-4-6-12(15)16/h11H,4-10H2,1-3H3. The molecule has 1 fully saturated rings. The Kier molecular flexibility index (Phi) is 5.45. The third kappa shape index (κ3) is 4.75. The maximum Gasteiger partial charge on any atom is 0.241 e. The highest BCUT2D eigenvalue weighted by atomic mass is 16.2. The van der Waals surface area contributed by atoms with Crippen LogP contribution in [0.4, 0.5) is 0 Å². The molecular formula is C13H24N2O2.